The molecular formula is C30H25NP+. The molecule has 0 radical (unpaired) electrons. The molecule has 0 aliphatic carbocycles. The lowest BCUT2D eigenvalue weighted by Gasteiger charge is -2.25. The Hall–Kier alpha value is -3.54. The van der Waals surface area contributed by atoms with Crippen LogP contribution in [0.5, 0.6) is 0 Å². The first-order chi connectivity index (χ1) is 15.8. The Morgan fingerprint density at radius 1 is 0.531 bits per heavy atom. The molecule has 0 amide bonds. The van der Waals surface area contributed by atoms with Crippen LogP contribution >= 0.6 is 7.26 Å². The summed E-state index contributed by atoms with van der Waals surface area (Å²) in [6, 6.07) is 45.5. The molecule has 5 aromatic rings. The molecule has 0 aliphatic heterocycles. The summed E-state index contributed by atoms with van der Waals surface area (Å²) in [5, 5.41) is 4.16. The van der Waals surface area contributed by atoms with Crippen LogP contribution in [0.15, 0.2) is 134 Å². The molecule has 0 saturated carbocycles. The summed E-state index contributed by atoms with van der Waals surface area (Å²) in [6.07, 6.45) is 1.93. The highest BCUT2D eigenvalue weighted by molar-refractivity contribution is 7.95. The molecule has 0 atom stereocenters. The van der Waals surface area contributed by atoms with E-state index in [1.807, 2.05) is 12.3 Å². The van der Waals surface area contributed by atoms with Gasteiger partial charge in [0.05, 0.1) is 12.4 Å². The van der Waals surface area contributed by atoms with E-state index in [0.717, 1.165) is 11.3 Å². The molecule has 154 valence electrons. The summed E-state index contributed by atoms with van der Waals surface area (Å²) in [6.45, 7) is 2.44. The minimum Gasteiger partial charge on any atom is -0.256 e. The van der Waals surface area contributed by atoms with Gasteiger partial charge in [0.1, 0.15) is 23.2 Å². The van der Waals surface area contributed by atoms with E-state index in [2.05, 4.69) is 133 Å². The maximum absolute atomic E-state index is 4.65. The Morgan fingerprint density at radius 2 is 1.06 bits per heavy atom. The molecule has 32 heavy (non-hydrogen) atoms. The lowest BCUT2D eigenvalue weighted by Crippen LogP contribution is -2.31. The van der Waals surface area contributed by atoms with Gasteiger partial charge in [-0.25, -0.2) is 0 Å². The molecule has 1 heterocycles. The van der Waals surface area contributed by atoms with Crippen molar-refractivity contribution in [1.82, 2.24) is 4.98 Å². The van der Waals surface area contributed by atoms with Gasteiger partial charge in [-0.1, -0.05) is 84.9 Å². The quantitative estimate of drug-likeness (QED) is 0.297. The first-order valence-electron chi connectivity index (χ1n) is 10.9. The number of nitrogens with zero attached hydrogens (tertiary/aromatic N) is 1. The highest BCUT2D eigenvalue weighted by atomic mass is 31.2. The van der Waals surface area contributed by atoms with Crippen molar-refractivity contribution in [3.8, 4) is 22.4 Å². The van der Waals surface area contributed by atoms with Crippen LogP contribution in [0.25, 0.3) is 22.4 Å². The van der Waals surface area contributed by atoms with Crippen LogP contribution in [0.4, 0.5) is 0 Å². The highest BCUT2D eigenvalue weighted by Crippen LogP contribution is 2.53. The second-order valence-corrected chi connectivity index (χ2v) is 11.5. The normalized spacial score (nSPS) is 11.3. The molecular weight excluding hydrogens is 405 g/mol. The standard InChI is InChI=1S/C30H25NP/c1-32(26-15-7-3-8-16-26,27-17-9-4-10-18-27)30-20-12-11-19-28(30)25-21-22-31-29(23-25)24-13-5-2-6-14-24/h2-23H,1H3/q+1. The molecule has 4 aromatic carbocycles. The fraction of sp³-hybridized carbons (Fsp3) is 0.0333. The van der Waals surface area contributed by atoms with Crippen LogP contribution in [-0.2, 0) is 0 Å². The third kappa shape index (κ3) is 3.77. The largest absolute Gasteiger partial charge is 0.256 e. The lowest BCUT2D eigenvalue weighted by molar-refractivity contribution is 1.33. The van der Waals surface area contributed by atoms with Crippen molar-refractivity contribution < 1.29 is 0 Å². The summed E-state index contributed by atoms with van der Waals surface area (Å²) < 4.78 is 0. The van der Waals surface area contributed by atoms with Gasteiger partial charge in [0.15, 0.2) is 0 Å². The lowest BCUT2D eigenvalue weighted by atomic mass is 10.0. The molecule has 0 unspecified atom stereocenters. The Labute approximate surface area is 190 Å². The summed E-state index contributed by atoms with van der Waals surface area (Å²) in [4.78, 5) is 4.65. The zero-order valence-electron chi connectivity index (χ0n) is 18.1. The molecule has 1 nitrogen and oxygen atoms in total. The first kappa shape index (κ1) is 20.4. The van der Waals surface area contributed by atoms with E-state index in [4.69, 9.17) is 0 Å². The summed E-state index contributed by atoms with van der Waals surface area (Å²) in [5.41, 5.74) is 4.61. The van der Waals surface area contributed by atoms with Crippen LogP contribution < -0.4 is 15.9 Å². The molecule has 0 spiro atoms. The van der Waals surface area contributed by atoms with E-state index in [1.165, 1.54) is 27.0 Å². The summed E-state index contributed by atoms with van der Waals surface area (Å²) in [7, 11) is -1.84. The second-order valence-electron chi connectivity index (χ2n) is 7.99. The average molecular weight is 431 g/mol. The van der Waals surface area contributed by atoms with E-state index in [-0.39, 0.29) is 0 Å². The van der Waals surface area contributed by atoms with Gasteiger partial charge in [0.25, 0.3) is 0 Å². The summed E-state index contributed by atoms with van der Waals surface area (Å²) in [5.74, 6) is 0. The van der Waals surface area contributed by atoms with Gasteiger partial charge in [0.2, 0.25) is 0 Å². The van der Waals surface area contributed by atoms with Crippen LogP contribution in [0, 0.1) is 0 Å². The van der Waals surface area contributed by atoms with Crippen molar-refractivity contribution in [2.45, 2.75) is 0 Å². The number of pyridine rings is 1. The van der Waals surface area contributed by atoms with E-state index < -0.39 is 7.26 Å². The summed E-state index contributed by atoms with van der Waals surface area (Å²) >= 11 is 0. The van der Waals surface area contributed by atoms with Crippen LogP contribution in [0.3, 0.4) is 0 Å². The highest BCUT2D eigenvalue weighted by Gasteiger charge is 2.41. The van der Waals surface area contributed by atoms with E-state index in [0.29, 0.717) is 0 Å². The maximum atomic E-state index is 4.65. The SMILES string of the molecule is C[P+](c1ccccc1)(c1ccccc1)c1ccccc1-c1ccnc(-c2ccccc2)c1. The fourth-order valence-corrected chi connectivity index (χ4v) is 7.81. The van der Waals surface area contributed by atoms with Crippen molar-refractivity contribution in [1.29, 1.82) is 0 Å². The Kier molecular flexibility index (Phi) is 5.67. The molecule has 2 heteroatoms. The van der Waals surface area contributed by atoms with Crippen LogP contribution in [-0.4, -0.2) is 11.6 Å². The number of benzene rings is 4. The molecule has 5 rings (SSSR count). The molecule has 0 N–H and O–H groups in total. The average Bonchev–Trinajstić information content (AvgIpc) is 2.90. The minimum absolute atomic E-state index is 0.998. The van der Waals surface area contributed by atoms with Crippen molar-refractivity contribution >= 4 is 23.2 Å². The third-order valence-corrected chi connectivity index (χ3v) is 10.1. The van der Waals surface area contributed by atoms with Crippen molar-refractivity contribution in [2.75, 3.05) is 6.66 Å². The maximum Gasteiger partial charge on any atom is 0.112 e. The van der Waals surface area contributed by atoms with Crippen molar-refractivity contribution in [3.05, 3.63) is 134 Å². The van der Waals surface area contributed by atoms with E-state index in [1.54, 1.807) is 0 Å². The number of hydrogen-bond donors (Lipinski definition) is 0. The van der Waals surface area contributed by atoms with Gasteiger partial charge in [-0.05, 0) is 48.0 Å². The Balaban J connectivity index is 1.72. The smallest absolute Gasteiger partial charge is 0.112 e. The Morgan fingerprint density at radius 3 is 1.69 bits per heavy atom. The fourth-order valence-electron chi connectivity index (χ4n) is 4.35. The Bertz CT molecular complexity index is 1280. The van der Waals surface area contributed by atoms with Crippen LogP contribution in [0.2, 0.25) is 0 Å². The van der Waals surface area contributed by atoms with E-state index >= 15 is 0 Å². The zero-order valence-corrected chi connectivity index (χ0v) is 19.0. The van der Waals surface area contributed by atoms with Gasteiger partial charge < -0.3 is 0 Å². The van der Waals surface area contributed by atoms with Gasteiger partial charge in [-0.2, -0.15) is 0 Å². The van der Waals surface area contributed by atoms with Crippen molar-refractivity contribution in [3.63, 3.8) is 0 Å². The van der Waals surface area contributed by atoms with Gasteiger partial charge in [-0.3, -0.25) is 4.98 Å². The van der Waals surface area contributed by atoms with Crippen LogP contribution in [0.1, 0.15) is 0 Å². The van der Waals surface area contributed by atoms with E-state index in [9.17, 15) is 0 Å². The zero-order chi connectivity index (χ0) is 21.8. The van der Waals surface area contributed by atoms with Gasteiger partial charge in [-0.15, -0.1) is 0 Å². The number of hydrogen-bond acceptors (Lipinski definition) is 1. The van der Waals surface area contributed by atoms with Gasteiger partial charge >= 0.3 is 0 Å². The first-order valence-corrected chi connectivity index (χ1v) is 13.1. The third-order valence-electron chi connectivity index (χ3n) is 6.07. The minimum atomic E-state index is -1.84. The molecule has 0 saturated heterocycles. The second kappa shape index (κ2) is 8.91. The molecule has 0 fully saturated rings. The molecule has 1 aromatic heterocycles. The molecule has 0 aliphatic rings. The monoisotopic (exact) mass is 430 g/mol. The number of aromatic nitrogens is 1. The predicted molar refractivity (Wildman–Crippen MR) is 140 cm³/mol. The number of rotatable bonds is 5. The van der Waals surface area contributed by atoms with Gasteiger partial charge in [0, 0.05) is 17.3 Å². The van der Waals surface area contributed by atoms with Crippen molar-refractivity contribution in [2.24, 2.45) is 0 Å². The predicted octanol–water partition coefficient (Wildman–Crippen LogP) is 6.34. The molecule has 0 bridgehead atoms. The topological polar surface area (TPSA) is 12.9 Å².